The van der Waals surface area contributed by atoms with Crippen molar-refractivity contribution in [2.24, 2.45) is 16.9 Å². The topological polar surface area (TPSA) is 157 Å². The fourth-order valence-corrected chi connectivity index (χ4v) is 6.42. The van der Waals surface area contributed by atoms with Gasteiger partial charge in [0.25, 0.3) is 0 Å². The molecule has 6 N–H and O–H groups in total. The predicted molar refractivity (Wildman–Crippen MR) is 171 cm³/mol. The number of rotatable bonds is 19. The molecule has 1 heterocycles. The van der Waals surface area contributed by atoms with E-state index in [0.29, 0.717) is 51.4 Å². The van der Waals surface area contributed by atoms with Crippen LogP contribution in [0.5, 0.6) is 0 Å². The van der Waals surface area contributed by atoms with Crippen molar-refractivity contribution in [1.82, 2.24) is 9.80 Å². The Morgan fingerprint density at radius 3 is 1.78 bits per heavy atom. The van der Waals surface area contributed by atoms with Crippen molar-refractivity contribution < 1.29 is 14.4 Å². The number of allylic oxidation sites excluding steroid dienone is 2. The number of halogens is 2. The minimum atomic E-state index is -1.45. The van der Waals surface area contributed by atoms with Gasteiger partial charge in [-0.05, 0) is 68.7 Å². The Morgan fingerprint density at radius 1 is 0.805 bits per heavy atom. The smallest absolute Gasteiger partial charge is 0.333 e. The monoisotopic (exact) mass is 694 g/mol. The third-order valence-corrected chi connectivity index (χ3v) is 8.13. The van der Waals surface area contributed by atoms with Gasteiger partial charge in [-0.3, -0.25) is 30.2 Å². The van der Waals surface area contributed by atoms with E-state index in [9.17, 15) is 14.4 Å². The summed E-state index contributed by atoms with van der Waals surface area (Å²) in [5.74, 6) is -0.678. The maximum absolute atomic E-state index is 14.2. The second-order valence-corrected chi connectivity index (χ2v) is 12.6. The molecule has 2 rings (SSSR count). The number of hydrogen-bond acceptors (Lipinski definition) is 5. The van der Waals surface area contributed by atoms with Crippen LogP contribution in [0.3, 0.4) is 0 Å². The standard InChI is InChI=1S/C30H44Br2N6O3/c1-2-3-4-5-10-15-30(21-22-18-23(31)20-24(32)19-22)27(39)37(16-11-6-8-13-25(33)34)29(41)38(28(30)40)17-12-7-9-14-26(35)36/h5,10,18-20H,2-4,6-9,11-17,21H2,1H3,(H3,33,34)(H3,35,36)/b10-5+. The van der Waals surface area contributed by atoms with Crippen molar-refractivity contribution in [3.05, 3.63) is 44.9 Å². The Labute approximate surface area is 260 Å². The highest BCUT2D eigenvalue weighted by molar-refractivity contribution is 9.11. The minimum absolute atomic E-state index is 0.116. The van der Waals surface area contributed by atoms with Crippen LogP contribution < -0.4 is 11.5 Å². The number of carbonyl (C=O) groups is 3. The van der Waals surface area contributed by atoms with E-state index in [1.807, 2.05) is 30.4 Å². The number of carbonyl (C=O) groups excluding carboxylic acids is 3. The molecule has 0 atom stereocenters. The van der Waals surface area contributed by atoms with E-state index < -0.39 is 23.3 Å². The number of urea groups is 1. The van der Waals surface area contributed by atoms with Crippen molar-refractivity contribution in [3.8, 4) is 0 Å². The van der Waals surface area contributed by atoms with Gasteiger partial charge in [-0.2, -0.15) is 0 Å². The lowest BCUT2D eigenvalue weighted by Gasteiger charge is -2.44. The summed E-state index contributed by atoms with van der Waals surface area (Å²) < 4.78 is 1.65. The van der Waals surface area contributed by atoms with E-state index in [-0.39, 0.29) is 37.6 Å². The molecular weight excluding hydrogens is 652 g/mol. The molecule has 0 saturated carbocycles. The zero-order chi connectivity index (χ0) is 30.4. The fraction of sp³-hybridized carbons (Fsp3) is 0.567. The predicted octanol–water partition coefficient (Wildman–Crippen LogP) is 6.66. The van der Waals surface area contributed by atoms with Gasteiger partial charge in [0.2, 0.25) is 11.8 Å². The molecule has 1 saturated heterocycles. The number of amidine groups is 2. The van der Waals surface area contributed by atoms with Gasteiger partial charge in [-0.25, -0.2) is 4.79 Å². The van der Waals surface area contributed by atoms with E-state index in [1.54, 1.807) is 0 Å². The summed E-state index contributed by atoms with van der Waals surface area (Å²) in [6.45, 7) is 2.52. The summed E-state index contributed by atoms with van der Waals surface area (Å²) in [4.78, 5) is 44.6. The first-order valence-electron chi connectivity index (χ1n) is 14.5. The van der Waals surface area contributed by atoms with Crippen LogP contribution in [-0.4, -0.2) is 52.4 Å². The van der Waals surface area contributed by atoms with Crippen molar-refractivity contribution in [1.29, 1.82) is 10.8 Å². The van der Waals surface area contributed by atoms with Crippen LogP contribution >= 0.6 is 31.9 Å². The molecule has 1 fully saturated rings. The Bertz CT molecular complexity index is 1060. The van der Waals surface area contributed by atoms with Gasteiger partial charge in [0, 0.05) is 34.9 Å². The normalized spacial score (nSPS) is 17.6. The molecule has 0 spiro atoms. The molecular formula is C30H44Br2N6O3. The van der Waals surface area contributed by atoms with Crippen LogP contribution in [-0.2, 0) is 16.0 Å². The molecule has 0 aromatic heterocycles. The molecule has 41 heavy (non-hydrogen) atoms. The first-order chi connectivity index (χ1) is 19.5. The average molecular weight is 697 g/mol. The summed E-state index contributed by atoms with van der Waals surface area (Å²) >= 11 is 7.04. The molecule has 0 aliphatic carbocycles. The number of nitrogens with one attached hydrogen (secondary N) is 2. The minimum Gasteiger partial charge on any atom is -0.388 e. The van der Waals surface area contributed by atoms with E-state index in [4.69, 9.17) is 22.3 Å². The molecule has 1 aliphatic rings. The van der Waals surface area contributed by atoms with E-state index in [0.717, 1.165) is 33.8 Å². The lowest BCUT2D eigenvalue weighted by molar-refractivity contribution is -0.158. The number of benzene rings is 1. The summed E-state index contributed by atoms with van der Waals surface area (Å²) in [5, 5.41) is 14.9. The summed E-state index contributed by atoms with van der Waals surface area (Å²) in [6, 6.07) is 5.14. The maximum Gasteiger partial charge on any atom is 0.333 e. The average Bonchev–Trinajstić information content (AvgIpc) is 2.89. The van der Waals surface area contributed by atoms with Gasteiger partial charge in [-0.15, -0.1) is 0 Å². The third-order valence-electron chi connectivity index (χ3n) is 7.21. The highest BCUT2D eigenvalue weighted by Crippen LogP contribution is 2.38. The van der Waals surface area contributed by atoms with Gasteiger partial charge >= 0.3 is 6.03 Å². The van der Waals surface area contributed by atoms with Gasteiger partial charge in [0.15, 0.2) is 0 Å². The SMILES string of the molecule is CCCC/C=C/CC1(Cc2cc(Br)cc(Br)c2)C(=O)N(CCCCCC(=N)N)C(=O)N(CCCCCC(=N)N)C1=O. The third kappa shape index (κ3) is 10.7. The lowest BCUT2D eigenvalue weighted by Crippen LogP contribution is -2.66. The molecule has 11 heteroatoms. The van der Waals surface area contributed by atoms with Crippen LogP contribution in [0.2, 0.25) is 0 Å². The zero-order valence-corrected chi connectivity index (χ0v) is 27.2. The van der Waals surface area contributed by atoms with Crippen molar-refractivity contribution in [2.45, 2.75) is 90.4 Å². The molecule has 226 valence electrons. The second-order valence-electron chi connectivity index (χ2n) is 10.7. The maximum atomic E-state index is 14.2. The first kappa shape index (κ1) is 34.7. The van der Waals surface area contributed by atoms with Gasteiger partial charge in [-0.1, -0.05) is 76.6 Å². The molecule has 1 aromatic rings. The Kier molecular flexibility index (Phi) is 14.7. The van der Waals surface area contributed by atoms with Gasteiger partial charge in [0.1, 0.15) is 5.41 Å². The van der Waals surface area contributed by atoms with E-state index in [2.05, 4.69) is 38.8 Å². The Balaban J connectivity index is 2.43. The largest absolute Gasteiger partial charge is 0.388 e. The molecule has 1 aliphatic heterocycles. The van der Waals surface area contributed by atoms with Crippen LogP contribution in [0.4, 0.5) is 4.79 Å². The van der Waals surface area contributed by atoms with Crippen LogP contribution in [0, 0.1) is 16.2 Å². The van der Waals surface area contributed by atoms with Crippen LogP contribution in [0.1, 0.15) is 89.5 Å². The molecule has 0 bridgehead atoms. The van der Waals surface area contributed by atoms with Crippen LogP contribution in [0.25, 0.3) is 0 Å². The first-order valence-corrected chi connectivity index (χ1v) is 16.0. The number of nitrogens with zero attached hydrogens (tertiary/aromatic N) is 2. The summed E-state index contributed by atoms with van der Waals surface area (Å²) in [5.41, 5.74) is 10.3. The molecule has 0 radical (unpaired) electrons. The van der Waals surface area contributed by atoms with Gasteiger partial charge < -0.3 is 11.5 Å². The number of nitrogens with two attached hydrogens (primary N) is 2. The van der Waals surface area contributed by atoms with E-state index >= 15 is 0 Å². The quantitative estimate of drug-likeness (QED) is 0.0418. The van der Waals surface area contributed by atoms with Gasteiger partial charge in [0.05, 0.1) is 11.7 Å². The molecule has 9 nitrogen and oxygen atoms in total. The lowest BCUT2D eigenvalue weighted by atomic mass is 9.74. The summed E-state index contributed by atoms with van der Waals surface area (Å²) in [7, 11) is 0. The number of imide groups is 2. The summed E-state index contributed by atoms with van der Waals surface area (Å²) in [6.07, 6.45) is 12.1. The van der Waals surface area contributed by atoms with Crippen molar-refractivity contribution >= 4 is 61.4 Å². The second kappa shape index (κ2) is 17.4. The number of hydrogen-bond donors (Lipinski definition) is 4. The van der Waals surface area contributed by atoms with Crippen molar-refractivity contribution in [2.75, 3.05) is 13.1 Å². The number of amides is 4. The molecule has 0 unspecified atom stereocenters. The molecule has 4 amide bonds. The van der Waals surface area contributed by atoms with Crippen LogP contribution in [0.15, 0.2) is 39.3 Å². The fourth-order valence-electron chi connectivity index (χ4n) is 5.03. The number of barbiturate groups is 1. The molecule has 1 aromatic carbocycles. The highest BCUT2D eigenvalue weighted by atomic mass is 79.9. The van der Waals surface area contributed by atoms with Crippen molar-refractivity contribution in [3.63, 3.8) is 0 Å². The number of unbranched alkanes of at least 4 members (excludes halogenated alkanes) is 6. The Morgan fingerprint density at radius 2 is 1.32 bits per heavy atom. The van der Waals surface area contributed by atoms with E-state index in [1.165, 1.54) is 9.80 Å². The highest BCUT2D eigenvalue weighted by Gasteiger charge is 2.56. The zero-order valence-electron chi connectivity index (χ0n) is 24.0. The Hall–Kier alpha value is -2.53.